The van der Waals surface area contributed by atoms with E-state index in [1.54, 1.807) is 0 Å². The lowest BCUT2D eigenvalue weighted by Crippen LogP contribution is -2.37. The number of benzene rings is 1. The average Bonchev–Trinajstić information content (AvgIpc) is 2.36. The predicted octanol–water partition coefficient (Wildman–Crippen LogP) is 3.13. The molecule has 94 valence electrons. The highest BCUT2D eigenvalue weighted by atomic mass is 35.5. The zero-order valence-electron chi connectivity index (χ0n) is 10.7. The van der Waals surface area contributed by atoms with Crippen molar-refractivity contribution < 1.29 is 4.79 Å². The molecule has 0 fully saturated rings. The van der Waals surface area contributed by atoms with Gasteiger partial charge in [-0.25, -0.2) is 0 Å². The highest BCUT2D eigenvalue weighted by molar-refractivity contribution is 6.19. The molecule has 1 N–H and O–H groups in total. The number of carbonyl (C=O) groups excluding carboxylic acids is 1. The summed E-state index contributed by atoms with van der Waals surface area (Å²) in [5.74, 6) is 0.326. The molecular weight excluding hydrogens is 234 g/mol. The Hall–Kier alpha value is -1.02. The van der Waals surface area contributed by atoms with Gasteiger partial charge in [-0.1, -0.05) is 31.2 Å². The molecule has 0 aliphatic carbocycles. The van der Waals surface area contributed by atoms with Crippen molar-refractivity contribution >= 4 is 17.5 Å². The molecule has 17 heavy (non-hydrogen) atoms. The third-order valence-corrected chi connectivity index (χ3v) is 3.56. The lowest BCUT2D eigenvalue weighted by Gasteiger charge is -2.20. The molecule has 0 aromatic heterocycles. The summed E-state index contributed by atoms with van der Waals surface area (Å²) in [6, 6.07) is 8.15. The lowest BCUT2D eigenvalue weighted by atomic mass is 9.95. The number of alkyl halides is 1. The highest BCUT2D eigenvalue weighted by Gasteiger charge is 2.25. The summed E-state index contributed by atoms with van der Waals surface area (Å²) < 4.78 is 0. The van der Waals surface area contributed by atoms with Crippen molar-refractivity contribution in [3.8, 4) is 0 Å². The van der Waals surface area contributed by atoms with Crippen molar-refractivity contribution in [1.82, 2.24) is 5.32 Å². The Bertz CT molecular complexity index is 388. The van der Waals surface area contributed by atoms with Gasteiger partial charge in [0.15, 0.2) is 0 Å². The van der Waals surface area contributed by atoms with Crippen LogP contribution in [0.2, 0.25) is 0 Å². The van der Waals surface area contributed by atoms with Crippen molar-refractivity contribution in [2.75, 3.05) is 5.88 Å². The van der Waals surface area contributed by atoms with E-state index in [1.165, 1.54) is 11.1 Å². The summed E-state index contributed by atoms with van der Waals surface area (Å²) in [6.45, 7) is 6.38. The van der Waals surface area contributed by atoms with Gasteiger partial charge in [0.2, 0.25) is 5.91 Å². The van der Waals surface area contributed by atoms with Gasteiger partial charge in [0.1, 0.15) is 0 Å². The molecule has 1 aromatic carbocycles. The number of nitrogens with one attached hydrogen (secondary N) is 1. The standard InChI is InChI=1S/C14H20ClNO/c1-4-11-7-5-6-8-12(11)9-16-13(17)14(2,3)10-15/h5-8H,4,9-10H2,1-3H3,(H,16,17). The molecule has 0 aliphatic rings. The van der Waals surface area contributed by atoms with Gasteiger partial charge >= 0.3 is 0 Å². The van der Waals surface area contributed by atoms with Crippen LogP contribution in [0.1, 0.15) is 31.9 Å². The van der Waals surface area contributed by atoms with Crippen LogP contribution in [0.25, 0.3) is 0 Å². The van der Waals surface area contributed by atoms with Gasteiger partial charge in [-0.3, -0.25) is 4.79 Å². The summed E-state index contributed by atoms with van der Waals surface area (Å²) in [4.78, 5) is 11.9. The minimum atomic E-state index is -0.511. The zero-order valence-corrected chi connectivity index (χ0v) is 11.5. The number of carbonyl (C=O) groups is 1. The molecule has 1 amide bonds. The van der Waals surface area contributed by atoms with Crippen LogP contribution < -0.4 is 5.32 Å². The normalized spacial score (nSPS) is 11.3. The summed E-state index contributed by atoms with van der Waals surface area (Å²) in [7, 11) is 0. The van der Waals surface area contributed by atoms with Crippen LogP contribution in [0.3, 0.4) is 0 Å². The number of aryl methyl sites for hydroxylation is 1. The van der Waals surface area contributed by atoms with Crippen LogP contribution in [0, 0.1) is 5.41 Å². The van der Waals surface area contributed by atoms with Crippen LogP contribution >= 0.6 is 11.6 Å². The molecule has 0 unspecified atom stereocenters. The van der Waals surface area contributed by atoms with E-state index >= 15 is 0 Å². The Labute approximate surface area is 108 Å². The first kappa shape index (κ1) is 14.0. The monoisotopic (exact) mass is 253 g/mol. The summed E-state index contributed by atoms with van der Waals surface area (Å²) in [5.41, 5.74) is 1.94. The van der Waals surface area contributed by atoms with E-state index in [-0.39, 0.29) is 5.91 Å². The molecule has 1 rings (SSSR count). The Morgan fingerprint density at radius 3 is 2.41 bits per heavy atom. The second-order valence-electron chi connectivity index (χ2n) is 4.82. The number of halogens is 1. The van der Waals surface area contributed by atoms with E-state index in [9.17, 15) is 4.79 Å². The van der Waals surface area contributed by atoms with Crippen LogP contribution in [0.15, 0.2) is 24.3 Å². The fourth-order valence-corrected chi connectivity index (χ4v) is 1.67. The number of hydrogen-bond acceptors (Lipinski definition) is 1. The Morgan fingerprint density at radius 2 is 1.88 bits per heavy atom. The molecule has 0 radical (unpaired) electrons. The van der Waals surface area contributed by atoms with Crippen molar-refractivity contribution in [2.24, 2.45) is 5.41 Å². The van der Waals surface area contributed by atoms with E-state index in [4.69, 9.17) is 11.6 Å². The van der Waals surface area contributed by atoms with Gasteiger partial charge in [-0.15, -0.1) is 11.6 Å². The van der Waals surface area contributed by atoms with Crippen molar-refractivity contribution in [3.05, 3.63) is 35.4 Å². The maximum absolute atomic E-state index is 11.9. The molecule has 1 aromatic rings. The molecule has 0 spiro atoms. The molecule has 0 aliphatic heterocycles. The number of amides is 1. The van der Waals surface area contributed by atoms with Gasteiger partial charge in [-0.05, 0) is 31.4 Å². The molecule has 3 heteroatoms. The molecule has 2 nitrogen and oxygen atoms in total. The Kier molecular flexibility index (Phi) is 5.01. The second-order valence-corrected chi connectivity index (χ2v) is 5.09. The molecule has 0 saturated carbocycles. The first-order valence-electron chi connectivity index (χ1n) is 5.92. The third-order valence-electron chi connectivity index (χ3n) is 2.89. The van der Waals surface area contributed by atoms with Crippen molar-refractivity contribution in [1.29, 1.82) is 0 Å². The maximum atomic E-state index is 11.9. The molecule has 0 heterocycles. The SMILES string of the molecule is CCc1ccccc1CNC(=O)C(C)(C)CCl. The quantitative estimate of drug-likeness (QED) is 0.803. The van der Waals surface area contributed by atoms with Crippen LogP contribution in [-0.4, -0.2) is 11.8 Å². The molecular formula is C14H20ClNO. The fraction of sp³-hybridized carbons (Fsp3) is 0.500. The minimum absolute atomic E-state index is 0.00148. The van der Waals surface area contributed by atoms with E-state index in [0.29, 0.717) is 12.4 Å². The number of rotatable bonds is 5. The minimum Gasteiger partial charge on any atom is -0.352 e. The topological polar surface area (TPSA) is 29.1 Å². The van der Waals surface area contributed by atoms with Crippen LogP contribution in [-0.2, 0) is 17.8 Å². The molecule has 0 atom stereocenters. The first-order valence-corrected chi connectivity index (χ1v) is 6.45. The van der Waals surface area contributed by atoms with E-state index in [1.807, 2.05) is 32.0 Å². The fourth-order valence-electron chi connectivity index (χ4n) is 1.55. The highest BCUT2D eigenvalue weighted by Crippen LogP contribution is 2.17. The van der Waals surface area contributed by atoms with Gasteiger partial charge in [0.25, 0.3) is 0 Å². The van der Waals surface area contributed by atoms with E-state index in [0.717, 1.165) is 6.42 Å². The van der Waals surface area contributed by atoms with Crippen molar-refractivity contribution in [2.45, 2.75) is 33.7 Å². The molecule has 0 bridgehead atoms. The number of hydrogen-bond donors (Lipinski definition) is 1. The Morgan fingerprint density at radius 1 is 1.29 bits per heavy atom. The first-order chi connectivity index (χ1) is 8.01. The van der Waals surface area contributed by atoms with Gasteiger partial charge in [0, 0.05) is 12.4 Å². The zero-order chi connectivity index (χ0) is 12.9. The van der Waals surface area contributed by atoms with E-state index in [2.05, 4.69) is 18.3 Å². The second kappa shape index (κ2) is 6.06. The largest absolute Gasteiger partial charge is 0.352 e. The molecule has 0 saturated heterocycles. The summed E-state index contributed by atoms with van der Waals surface area (Å²) in [6.07, 6.45) is 0.977. The van der Waals surface area contributed by atoms with Crippen LogP contribution in [0.4, 0.5) is 0 Å². The predicted molar refractivity (Wildman–Crippen MR) is 72.2 cm³/mol. The maximum Gasteiger partial charge on any atom is 0.227 e. The van der Waals surface area contributed by atoms with Crippen molar-refractivity contribution in [3.63, 3.8) is 0 Å². The Balaban J connectivity index is 2.65. The van der Waals surface area contributed by atoms with E-state index < -0.39 is 5.41 Å². The lowest BCUT2D eigenvalue weighted by molar-refractivity contribution is -0.128. The van der Waals surface area contributed by atoms with Gasteiger partial charge < -0.3 is 5.32 Å². The smallest absolute Gasteiger partial charge is 0.227 e. The third kappa shape index (κ3) is 3.74. The summed E-state index contributed by atoms with van der Waals surface area (Å²) >= 11 is 5.77. The van der Waals surface area contributed by atoms with Gasteiger partial charge in [0.05, 0.1) is 5.41 Å². The van der Waals surface area contributed by atoms with Gasteiger partial charge in [-0.2, -0.15) is 0 Å². The average molecular weight is 254 g/mol. The van der Waals surface area contributed by atoms with Crippen LogP contribution in [0.5, 0.6) is 0 Å². The summed E-state index contributed by atoms with van der Waals surface area (Å²) in [5, 5.41) is 2.94.